The predicted molar refractivity (Wildman–Crippen MR) is 74.4 cm³/mol. The topological polar surface area (TPSA) is 21.3 Å². The van der Waals surface area contributed by atoms with Crippen LogP contribution in [0, 0.1) is 0 Å². The molecule has 1 rings (SSSR count). The maximum Gasteiger partial charge on any atom is 0.119 e. The van der Waals surface area contributed by atoms with E-state index in [2.05, 4.69) is 30.4 Å². The van der Waals surface area contributed by atoms with E-state index in [1.54, 1.807) is 0 Å². The number of rotatable bonds is 6. The Bertz CT molecular complexity index is 352. The molecule has 0 aromatic heterocycles. The van der Waals surface area contributed by atoms with Crippen LogP contribution in [-0.4, -0.2) is 19.7 Å². The minimum Gasteiger partial charge on any atom is -0.491 e. The lowest BCUT2D eigenvalue weighted by atomic mass is 10.1. The smallest absolute Gasteiger partial charge is 0.119 e. The average molecular weight is 233 g/mol. The van der Waals surface area contributed by atoms with Crippen molar-refractivity contribution < 1.29 is 4.74 Å². The van der Waals surface area contributed by atoms with Crippen LogP contribution in [-0.2, 0) is 0 Å². The van der Waals surface area contributed by atoms with Crippen LogP contribution in [0.4, 0.5) is 0 Å². The fraction of sp³-hybridized carbons (Fsp3) is 0.467. The summed E-state index contributed by atoms with van der Waals surface area (Å²) < 4.78 is 5.61. The molecule has 0 aliphatic heterocycles. The van der Waals surface area contributed by atoms with Gasteiger partial charge >= 0.3 is 0 Å². The molecular formula is C15H23NO. The van der Waals surface area contributed by atoms with Crippen LogP contribution in [0.25, 0.3) is 6.08 Å². The number of hydrogen-bond donors (Lipinski definition) is 1. The molecule has 0 saturated carbocycles. The van der Waals surface area contributed by atoms with E-state index in [0.717, 1.165) is 18.7 Å². The van der Waals surface area contributed by atoms with E-state index in [1.807, 2.05) is 33.0 Å². The van der Waals surface area contributed by atoms with Gasteiger partial charge in [0, 0.05) is 6.54 Å². The van der Waals surface area contributed by atoms with Crippen LogP contribution in [0.3, 0.4) is 0 Å². The molecule has 2 heteroatoms. The van der Waals surface area contributed by atoms with Crippen molar-refractivity contribution in [3.05, 3.63) is 35.4 Å². The molecule has 0 bridgehead atoms. The highest BCUT2D eigenvalue weighted by molar-refractivity contribution is 5.54. The lowest BCUT2D eigenvalue weighted by molar-refractivity contribution is 0.242. The van der Waals surface area contributed by atoms with Crippen molar-refractivity contribution in [1.82, 2.24) is 5.32 Å². The van der Waals surface area contributed by atoms with E-state index in [9.17, 15) is 0 Å². The number of ether oxygens (including phenoxy) is 1. The molecule has 0 aliphatic rings. The summed E-state index contributed by atoms with van der Waals surface area (Å²) in [6.07, 6.45) is 3.53. The van der Waals surface area contributed by atoms with E-state index >= 15 is 0 Å². The number of nitrogens with one attached hydrogen (secondary N) is 1. The maximum atomic E-state index is 5.61. The molecule has 2 nitrogen and oxygen atoms in total. The average Bonchev–Trinajstić information content (AvgIpc) is 2.30. The monoisotopic (exact) mass is 233 g/mol. The molecule has 17 heavy (non-hydrogen) atoms. The second-order valence-corrected chi connectivity index (χ2v) is 4.42. The van der Waals surface area contributed by atoms with E-state index in [0.29, 0.717) is 0 Å². The highest BCUT2D eigenvalue weighted by atomic mass is 16.5. The van der Waals surface area contributed by atoms with Crippen LogP contribution >= 0.6 is 0 Å². The van der Waals surface area contributed by atoms with Crippen LogP contribution in [0.1, 0.15) is 32.8 Å². The lowest BCUT2D eigenvalue weighted by Crippen LogP contribution is -2.09. The zero-order chi connectivity index (χ0) is 12.7. The fourth-order valence-corrected chi connectivity index (χ4v) is 1.66. The minimum absolute atomic E-state index is 0.229. The summed E-state index contributed by atoms with van der Waals surface area (Å²) in [6.45, 7) is 7.20. The molecule has 0 unspecified atom stereocenters. The lowest BCUT2D eigenvalue weighted by Gasteiger charge is -2.09. The first kappa shape index (κ1) is 13.8. The van der Waals surface area contributed by atoms with Crippen LogP contribution in [0.2, 0.25) is 0 Å². The van der Waals surface area contributed by atoms with Crippen molar-refractivity contribution in [2.75, 3.05) is 13.6 Å². The second kappa shape index (κ2) is 7.13. The van der Waals surface area contributed by atoms with Gasteiger partial charge in [-0.1, -0.05) is 30.7 Å². The van der Waals surface area contributed by atoms with Crippen LogP contribution in [0.15, 0.2) is 29.8 Å². The number of hydrogen-bond acceptors (Lipinski definition) is 2. The van der Waals surface area contributed by atoms with E-state index in [-0.39, 0.29) is 6.10 Å². The largest absolute Gasteiger partial charge is 0.491 e. The van der Waals surface area contributed by atoms with Gasteiger partial charge in [-0.3, -0.25) is 0 Å². The van der Waals surface area contributed by atoms with Crippen LogP contribution < -0.4 is 10.1 Å². The van der Waals surface area contributed by atoms with Crippen molar-refractivity contribution in [2.45, 2.75) is 33.3 Å². The molecule has 1 N–H and O–H groups in total. The molecule has 0 aliphatic carbocycles. The summed E-state index contributed by atoms with van der Waals surface area (Å²) in [4.78, 5) is 0. The van der Waals surface area contributed by atoms with E-state index in [4.69, 9.17) is 4.74 Å². The Kier molecular flexibility index (Phi) is 5.78. The van der Waals surface area contributed by atoms with E-state index < -0.39 is 0 Å². The zero-order valence-corrected chi connectivity index (χ0v) is 11.3. The first-order chi connectivity index (χ1) is 8.15. The molecule has 0 atom stereocenters. The van der Waals surface area contributed by atoms with Gasteiger partial charge in [-0.15, -0.1) is 0 Å². The Morgan fingerprint density at radius 2 is 1.94 bits per heavy atom. The quantitative estimate of drug-likeness (QED) is 0.812. The zero-order valence-electron chi connectivity index (χ0n) is 11.3. The number of likely N-dealkylation sites (N-methyl/N-ethyl adjacent to an activating group) is 1. The Balaban J connectivity index is 2.72. The van der Waals surface area contributed by atoms with Crippen molar-refractivity contribution in [1.29, 1.82) is 0 Å². The summed E-state index contributed by atoms with van der Waals surface area (Å²) in [5.41, 5.74) is 2.64. The highest BCUT2D eigenvalue weighted by Crippen LogP contribution is 2.16. The van der Waals surface area contributed by atoms with Gasteiger partial charge in [-0.2, -0.15) is 0 Å². The molecule has 0 fully saturated rings. The molecule has 1 aromatic carbocycles. The summed E-state index contributed by atoms with van der Waals surface area (Å²) in [7, 11) is 1.98. The summed E-state index contributed by atoms with van der Waals surface area (Å²) in [5.74, 6) is 0.934. The van der Waals surface area contributed by atoms with Gasteiger partial charge in [0.25, 0.3) is 0 Å². The number of benzene rings is 1. The third-order valence-electron chi connectivity index (χ3n) is 2.48. The van der Waals surface area contributed by atoms with Gasteiger partial charge in [0.05, 0.1) is 6.10 Å². The van der Waals surface area contributed by atoms with E-state index in [1.165, 1.54) is 11.1 Å². The first-order valence-electron chi connectivity index (χ1n) is 6.26. The highest BCUT2D eigenvalue weighted by Gasteiger charge is 1.98. The van der Waals surface area contributed by atoms with Crippen molar-refractivity contribution >= 4 is 6.08 Å². The Labute approximate surface area is 105 Å². The van der Waals surface area contributed by atoms with Gasteiger partial charge in [-0.25, -0.2) is 0 Å². The molecule has 0 saturated heterocycles. The summed E-state index contributed by atoms with van der Waals surface area (Å²) in [5, 5.41) is 3.18. The van der Waals surface area contributed by atoms with Gasteiger partial charge in [0.15, 0.2) is 0 Å². The maximum absolute atomic E-state index is 5.61. The van der Waals surface area contributed by atoms with Gasteiger partial charge in [-0.05, 0) is 45.0 Å². The normalized spacial score (nSPS) is 11.9. The molecule has 0 heterocycles. The molecule has 0 radical (unpaired) electrons. The SMILES string of the molecule is CCC(=Cc1ccc(OC(C)C)cc1)CNC. The van der Waals surface area contributed by atoms with Gasteiger partial charge in [0.1, 0.15) is 5.75 Å². The van der Waals surface area contributed by atoms with Crippen molar-refractivity contribution in [3.8, 4) is 5.75 Å². The predicted octanol–water partition coefficient (Wildman–Crippen LogP) is 3.49. The Morgan fingerprint density at radius 3 is 2.41 bits per heavy atom. The Morgan fingerprint density at radius 1 is 1.29 bits per heavy atom. The van der Waals surface area contributed by atoms with Gasteiger partial charge < -0.3 is 10.1 Å². The van der Waals surface area contributed by atoms with Crippen LogP contribution in [0.5, 0.6) is 5.75 Å². The first-order valence-corrected chi connectivity index (χ1v) is 6.26. The van der Waals surface area contributed by atoms with Crippen molar-refractivity contribution in [2.24, 2.45) is 0 Å². The Hall–Kier alpha value is -1.28. The molecule has 1 aromatic rings. The molecule has 94 valence electrons. The summed E-state index contributed by atoms with van der Waals surface area (Å²) in [6, 6.07) is 8.25. The molecule has 0 spiro atoms. The third kappa shape index (κ3) is 5.05. The van der Waals surface area contributed by atoms with Crippen molar-refractivity contribution in [3.63, 3.8) is 0 Å². The fourth-order valence-electron chi connectivity index (χ4n) is 1.66. The second-order valence-electron chi connectivity index (χ2n) is 4.42. The molecule has 0 amide bonds. The minimum atomic E-state index is 0.229. The summed E-state index contributed by atoms with van der Waals surface area (Å²) >= 11 is 0. The molecular weight excluding hydrogens is 210 g/mol. The third-order valence-corrected chi connectivity index (χ3v) is 2.48. The van der Waals surface area contributed by atoms with Gasteiger partial charge in [0.2, 0.25) is 0 Å². The standard InChI is InChI=1S/C15H23NO/c1-5-13(11-16-4)10-14-6-8-15(9-7-14)17-12(2)3/h6-10,12,16H,5,11H2,1-4H3.